The van der Waals surface area contributed by atoms with Gasteiger partial charge in [0.2, 0.25) is 0 Å². The summed E-state index contributed by atoms with van der Waals surface area (Å²) in [6.45, 7) is 0.750. The van der Waals surface area contributed by atoms with Gasteiger partial charge in [-0.3, -0.25) is 4.79 Å². The number of rotatable bonds is 3. The average Bonchev–Trinajstić information content (AvgIpc) is 3.02. The van der Waals surface area contributed by atoms with E-state index < -0.39 is 0 Å². The fourth-order valence-corrected chi connectivity index (χ4v) is 3.48. The first-order valence-corrected chi connectivity index (χ1v) is 7.54. The highest BCUT2D eigenvalue weighted by molar-refractivity contribution is 9.09. The maximum Gasteiger partial charge on any atom is 0.255 e. The van der Waals surface area contributed by atoms with Crippen molar-refractivity contribution in [1.82, 2.24) is 5.32 Å². The summed E-state index contributed by atoms with van der Waals surface area (Å²) in [6, 6.07) is 7.61. The van der Waals surface area contributed by atoms with E-state index >= 15 is 0 Å². The average molecular weight is 322 g/mol. The lowest BCUT2D eigenvalue weighted by atomic mass is 10.1. The standard InChI is InChI=1S/C15H16BrNO2/c16-11-6-5-10(7-11)8-17-15(18)13-9-19-14-4-2-1-3-12(13)14/h1-4,9-11H,5-8H2,(H,17,18). The number of hydrogen-bond donors (Lipinski definition) is 1. The molecule has 0 aliphatic heterocycles. The molecule has 4 heteroatoms. The van der Waals surface area contributed by atoms with Crippen molar-refractivity contribution in [3.63, 3.8) is 0 Å². The molecule has 1 aromatic carbocycles. The minimum absolute atomic E-state index is 0.0389. The van der Waals surface area contributed by atoms with E-state index in [2.05, 4.69) is 21.2 Å². The maximum absolute atomic E-state index is 12.2. The monoisotopic (exact) mass is 321 g/mol. The van der Waals surface area contributed by atoms with Gasteiger partial charge in [-0.2, -0.15) is 0 Å². The zero-order valence-electron chi connectivity index (χ0n) is 10.6. The Bertz CT molecular complexity index is 593. The van der Waals surface area contributed by atoms with Crippen molar-refractivity contribution in [2.45, 2.75) is 24.1 Å². The van der Waals surface area contributed by atoms with Gasteiger partial charge in [0.1, 0.15) is 11.8 Å². The molecule has 1 aliphatic carbocycles. The topological polar surface area (TPSA) is 42.2 Å². The molecular weight excluding hydrogens is 306 g/mol. The molecule has 1 saturated carbocycles. The minimum Gasteiger partial charge on any atom is -0.463 e. The molecular formula is C15H16BrNO2. The van der Waals surface area contributed by atoms with E-state index in [1.54, 1.807) is 6.26 Å². The van der Waals surface area contributed by atoms with E-state index in [1.807, 2.05) is 24.3 Å². The van der Waals surface area contributed by atoms with Crippen LogP contribution in [0.25, 0.3) is 11.0 Å². The highest BCUT2D eigenvalue weighted by atomic mass is 79.9. The summed E-state index contributed by atoms with van der Waals surface area (Å²) < 4.78 is 5.39. The second kappa shape index (κ2) is 5.37. The fourth-order valence-electron chi connectivity index (χ4n) is 2.69. The van der Waals surface area contributed by atoms with Crippen molar-refractivity contribution in [2.24, 2.45) is 5.92 Å². The lowest BCUT2D eigenvalue weighted by Gasteiger charge is -2.10. The second-order valence-corrected chi connectivity index (χ2v) is 6.43. The lowest BCUT2D eigenvalue weighted by molar-refractivity contribution is 0.0948. The molecule has 1 aromatic heterocycles. The van der Waals surface area contributed by atoms with Crippen molar-refractivity contribution in [3.05, 3.63) is 36.1 Å². The summed E-state index contributed by atoms with van der Waals surface area (Å²) >= 11 is 3.63. The van der Waals surface area contributed by atoms with Gasteiger partial charge in [0.15, 0.2) is 0 Å². The van der Waals surface area contributed by atoms with Gasteiger partial charge in [-0.15, -0.1) is 0 Å². The van der Waals surface area contributed by atoms with Crippen LogP contribution >= 0.6 is 15.9 Å². The molecule has 1 N–H and O–H groups in total. The van der Waals surface area contributed by atoms with Crippen molar-refractivity contribution in [3.8, 4) is 0 Å². The smallest absolute Gasteiger partial charge is 0.255 e. The first-order valence-electron chi connectivity index (χ1n) is 6.62. The molecule has 0 bridgehead atoms. The zero-order valence-corrected chi connectivity index (χ0v) is 12.2. The number of fused-ring (bicyclic) bond motifs is 1. The number of carbonyl (C=O) groups excluding carboxylic acids is 1. The van der Waals surface area contributed by atoms with Gasteiger partial charge in [-0.05, 0) is 31.2 Å². The quantitative estimate of drug-likeness (QED) is 0.875. The van der Waals surface area contributed by atoms with Crippen molar-refractivity contribution >= 4 is 32.8 Å². The number of amides is 1. The minimum atomic E-state index is -0.0389. The van der Waals surface area contributed by atoms with Crippen LogP contribution < -0.4 is 5.32 Å². The van der Waals surface area contributed by atoms with Gasteiger partial charge >= 0.3 is 0 Å². The van der Waals surface area contributed by atoms with E-state index in [4.69, 9.17) is 4.42 Å². The molecule has 0 saturated heterocycles. The Labute approximate surface area is 120 Å². The molecule has 3 nitrogen and oxygen atoms in total. The largest absolute Gasteiger partial charge is 0.463 e. The summed E-state index contributed by atoms with van der Waals surface area (Å²) in [4.78, 5) is 12.8. The van der Waals surface area contributed by atoms with Crippen LogP contribution in [0.3, 0.4) is 0 Å². The Morgan fingerprint density at radius 1 is 1.37 bits per heavy atom. The van der Waals surface area contributed by atoms with Crippen LogP contribution in [0.1, 0.15) is 29.6 Å². The van der Waals surface area contributed by atoms with Gasteiger partial charge in [-0.25, -0.2) is 0 Å². The molecule has 2 atom stereocenters. The third kappa shape index (κ3) is 2.68. The molecule has 0 spiro atoms. The maximum atomic E-state index is 12.2. The number of halogens is 1. The molecule has 0 radical (unpaired) electrons. The van der Waals surface area contributed by atoms with Crippen molar-refractivity contribution in [1.29, 1.82) is 0 Å². The van der Waals surface area contributed by atoms with Crippen molar-refractivity contribution in [2.75, 3.05) is 6.54 Å². The van der Waals surface area contributed by atoms with Gasteiger partial charge < -0.3 is 9.73 Å². The third-order valence-corrected chi connectivity index (χ3v) is 4.59. The first-order chi connectivity index (χ1) is 9.24. The number of hydrogen-bond acceptors (Lipinski definition) is 2. The molecule has 1 fully saturated rings. The molecule has 1 aliphatic rings. The van der Waals surface area contributed by atoms with Crippen LogP contribution in [0.4, 0.5) is 0 Å². The fraction of sp³-hybridized carbons (Fsp3) is 0.400. The Kier molecular flexibility index (Phi) is 3.60. The number of furan rings is 1. The summed E-state index contributed by atoms with van der Waals surface area (Å²) in [5, 5.41) is 3.90. The van der Waals surface area contributed by atoms with Gasteiger partial charge in [0.05, 0.1) is 5.56 Å². The second-order valence-electron chi connectivity index (χ2n) is 5.13. The first kappa shape index (κ1) is 12.7. The predicted octanol–water partition coefficient (Wildman–Crippen LogP) is 3.73. The van der Waals surface area contributed by atoms with Crippen LogP contribution in [-0.4, -0.2) is 17.3 Å². The van der Waals surface area contributed by atoms with Gasteiger partial charge in [0.25, 0.3) is 5.91 Å². The highest BCUT2D eigenvalue weighted by Gasteiger charge is 2.23. The molecule has 3 rings (SSSR count). The van der Waals surface area contributed by atoms with Crippen LogP contribution in [-0.2, 0) is 0 Å². The van der Waals surface area contributed by atoms with Crippen LogP contribution in [0, 0.1) is 5.92 Å². The Hall–Kier alpha value is -1.29. The Morgan fingerprint density at radius 2 is 2.21 bits per heavy atom. The molecule has 1 heterocycles. The summed E-state index contributed by atoms with van der Waals surface area (Å²) in [7, 11) is 0. The van der Waals surface area contributed by atoms with E-state index in [1.165, 1.54) is 12.8 Å². The zero-order chi connectivity index (χ0) is 13.2. The number of alkyl halides is 1. The van der Waals surface area contributed by atoms with Crippen LogP contribution in [0.2, 0.25) is 0 Å². The third-order valence-electron chi connectivity index (χ3n) is 3.75. The van der Waals surface area contributed by atoms with Gasteiger partial charge in [0, 0.05) is 16.8 Å². The Morgan fingerprint density at radius 3 is 3.00 bits per heavy atom. The normalized spacial score (nSPS) is 22.8. The molecule has 100 valence electrons. The summed E-state index contributed by atoms with van der Waals surface area (Å²) in [5.74, 6) is 0.550. The van der Waals surface area contributed by atoms with Crippen LogP contribution in [0.15, 0.2) is 34.9 Å². The number of benzene rings is 1. The highest BCUT2D eigenvalue weighted by Crippen LogP contribution is 2.30. The lowest BCUT2D eigenvalue weighted by Crippen LogP contribution is -2.28. The Balaban J connectivity index is 1.67. The SMILES string of the molecule is O=C(NCC1CCC(Br)C1)c1coc2ccccc12. The number of para-hydroxylation sites is 1. The van der Waals surface area contributed by atoms with Crippen LogP contribution in [0.5, 0.6) is 0 Å². The number of nitrogens with one attached hydrogen (secondary N) is 1. The summed E-state index contributed by atoms with van der Waals surface area (Å²) in [5.41, 5.74) is 1.39. The van der Waals surface area contributed by atoms with Gasteiger partial charge in [-0.1, -0.05) is 34.1 Å². The molecule has 19 heavy (non-hydrogen) atoms. The van der Waals surface area contributed by atoms with E-state index in [9.17, 15) is 4.79 Å². The van der Waals surface area contributed by atoms with Crippen molar-refractivity contribution < 1.29 is 9.21 Å². The summed E-state index contributed by atoms with van der Waals surface area (Å²) in [6.07, 6.45) is 5.08. The van der Waals surface area contributed by atoms with E-state index in [0.717, 1.165) is 23.9 Å². The van der Waals surface area contributed by atoms with E-state index in [0.29, 0.717) is 16.3 Å². The molecule has 2 aromatic rings. The van der Waals surface area contributed by atoms with E-state index in [-0.39, 0.29) is 5.91 Å². The predicted molar refractivity (Wildman–Crippen MR) is 78.6 cm³/mol. The molecule has 2 unspecified atom stereocenters. The number of carbonyl (C=O) groups is 1. The molecule has 1 amide bonds.